The first-order valence-electron chi connectivity index (χ1n) is 6.03. The molecule has 0 N–H and O–H groups in total. The fraction of sp³-hybridized carbons (Fsp3) is 0.462. The zero-order valence-corrected chi connectivity index (χ0v) is 13.3. The predicted octanol–water partition coefficient (Wildman–Crippen LogP) is 3.01. The molecule has 0 heterocycles. The predicted molar refractivity (Wildman–Crippen MR) is 75.9 cm³/mol. The van der Waals surface area contributed by atoms with Gasteiger partial charge in [-0.2, -0.15) is 0 Å². The monoisotopic (exact) mass is 321 g/mol. The molecule has 1 amide bonds. The summed E-state index contributed by atoms with van der Waals surface area (Å²) in [6.45, 7) is 5.58. The number of amides is 1. The van der Waals surface area contributed by atoms with Crippen molar-refractivity contribution in [2.45, 2.75) is 37.6 Å². The molecule has 0 aliphatic carbocycles. The summed E-state index contributed by atoms with van der Waals surface area (Å²) in [7, 11) is 2.75. The first-order chi connectivity index (χ1) is 9.00. The lowest BCUT2D eigenvalue weighted by atomic mass is 9.99. The van der Waals surface area contributed by atoms with Gasteiger partial charge in [0.05, 0.1) is 10.5 Å². The van der Waals surface area contributed by atoms with Crippen LogP contribution >= 0.6 is 10.7 Å². The van der Waals surface area contributed by atoms with Crippen LogP contribution in [-0.2, 0) is 9.05 Å². The average molecular weight is 322 g/mol. The van der Waals surface area contributed by atoms with Gasteiger partial charge in [-0.1, -0.05) is 6.92 Å². The highest BCUT2D eigenvalue weighted by molar-refractivity contribution is 8.13. The van der Waals surface area contributed by atoms with Crippen molar-refractivity contribution in [3.8, 4) is 0 Å². The van der Waals surface area contributed by atoms with Crippen molar-refractivity contribution < 1.29 is 17.6 Å². The van der Waals surface area contributed by atoms with Crippen molar-refractivity contribution >= 4 is 25.6 Å². The summed E-state index contributed by atoms with van der Waals surface area (Å²) in [5.74, 6) is -1.37. The van der Waals surface area contributed by atoms with Crippen LogP contribution in [0.1, 0.15) is 37.6 Å². The van der Waals surface area contributed by atoms with E-state index in [0.717, 1.165) is 18.2 Å². The number of benzene rings is 1. The average Bonchev–Trinajstić information content (AvgIpc) is 2.36. The number of hydrogen-bond donors (Lipinski definition) is 0. The summed E-state index contributed by atoms with van der Waals surface area (Å²) in [5.41, 5.74) is -0.782. The molecule has 0 fully saturated rings. The molecule has 1 aromatic carbocycles. The first-order valence-corrected chi connectivity index (χ1v) is 8.34. The van der Waals surface area contributed by atoms with Crippen LogP contribution in [0.3, 0.4) is 0 Å². The zero-order chi connectivity index (χ0) is 15.7. The van der Waals surface area contributed by atoms with Crippen LogP contribution in [0.5, 0.6) is 0 Å². The molecule has 0 bridgehead atoms. The Balaban J connectivity index is 3.30. The molecule has 7 heteroatoms. The maximum absolute atomic E-state index is 13.8. The number of hydrogen-bond acceptors (Lipinski definition) is 3. The van der Waals surface area contributed by atoms with Crippen molar-refractivity contribution in [1.82, 2.24) is 4.90 Å². The van der Waals surface area contributed by atoms with Gasteiger partial charge in [-0.15, -0.1) is 0 Å². The number of nitrogens with zero attached hydrogens (tertiary/aromatic N) is 1. The van der Waals surface area contributed by atoms with Crippen LogP contribution in [0.15, 0.2) is 23.1 Å². The van der Waals surface area contributed by atoms with Gasteiger partial charge in [0, 0.05) is 23.3 Å². The van der Waals surface area contributed by atoms with Crippen LogP contribution in [0.2, 0.25) is 0 Å². The number of carbonyl (C=O) groups excluding carboxylic acids is 1. The first kappa shape index (κ1) is 16.9. The smallest absolute Gasteiger partial charge is 0.261 e. The van der Waals surface area contributed by atoms with E-state index in [1.165, 1.54) is 4.90 Å². The molecule has 0 saturated carbocycles. The second kappa shape index (κ2) is 5.69. The molecule has 0 unspecified atom stereocenters. The normalized spacial score (nSPS) is 12.3. The van der Waals surface area contributed by atoms with Gasteiger partial charge < -0.3 is 4.90 Å². The van der Waals surface area contributed by atoms with E-state index in [0.29, 0.717) is 6.42 Å². The SMILES string of the molecule is CCC(C)(C)N(C)C(=O)c1cc(S(=O)(=O)Cl)ccc1F. The van der Waals surface area contributed by atoms with Gasteiger partial charge in [-0.3, -0.25) is 4.79 Å². The van der Waals surface area contributed by atoms with Crippen molar-refractivity contribution in [2.75, 3.05) is 7.05 Å². The minimum Gasteiger partial charge on any atom is -0.337 e. The summed E-state index contributed by atoms with van der Waals surface area (Å²) in [4.78, 5) is 13.4. The largest absolute Gasteiger partial charge is 0.337 e. The highest BCUT2D eigenvalue weighted by Gasteiger charge is 2.28. The minimum absolute atomic E-state index is 0.299. The van der Waals surface area contributed by atoms with Crippen LogP contribution in [-0.4, -0.2) is 31.8 Å². The Morgan fingerprint density at radius 3 is 2.40 bits per heavy atom. The summed E-state index contributed by atoms with van der Waals surface area (Å²) in [6.07, 6.45) is 0.671. The van der Waals surface area contributed by atoms with Crippen molar-refractivity contribution in [3.63, 3.8) is 0 Å². The minimum atomic E-state index is -4.01. The molecule has 0 aliphatic heterocycles. The third-order valence-electron chi connectivity index (χ3n) is 3.53. The third kappa shape index (κ3) is 3.49. The van der Waals surface area contributed by atoms with Gasteiger partial charge in [-0.05, 0) is 38.5 Å². The van der Waals surface area contributed by atoms with E-state index in [4.69, 9.17) is 10.7 Å². The maximum Gasteiger partial charge on any atom is 0.261 e. The molecular weight excluding hydrogens is 305 g/mol. The molecule has 0 spiro atoms. The maximum atomic E-state index is 13.8. The molecule has 0 saturated heterocycles. The zero-order valence-electron chi connectivity index (χ0n) is 11.8. The van der Waals surface area contributed by atoms with E-state index in [9.17, 15) is 17.6 Å². The van der Waals surface area contributed by atoms with Crippen molar-refractivity contribution in [1.29, 1.82) is 0 Å². The molecular formula is C13H17ClFNO3S. The number of rotatable bonds is 4. The van der Waals surface area contributed by atoms with Crippen LogP contribution in [0.4, 0.5) is 4.39 Å². The van der Waals surface area contributed by atoms with Gasteiger partial charge in [0.1, 0.15) is 5.82 Å². The molecule has 0 atom stereocenters. The summed E-state index contributed by atoms with van der Waals surface area (Å²) in [6, 6.07) is 2.91. The molecule has 0 radical (unpaired) electrons. The van der Waals surface area contributed by atoms with E-state index < -0.39 is 26.3 Å². The Labute approximate surface area is 123 Å². The third-order valence-corrected chi connectivity index (χ3v) is 4.88. The summed E-state index contributed by atoms with van der Waals surface area (Å²) in [5, 5.41) is 0. The van der Waals surface area contributed by atoms with Crippen molar-refractivity contribution in [2.24, 2.45) is 0 Å². The number of halogens is 2. The van der Waals surface area contributed by atoms with Gasteiger partial charge in [-0.25, -0.2) is 12.8 Å². The van der Waals surface area contributed by atoms with Gasteiger partial charge >= 0.3 is 0 Å². The summed E-state index contributed by atoms with van der Waals surface area (Å²) >= 11 is 0. The van der Waals surface area contributed by atoms with Gasteiger partial charge in [0.15, 0.2) is 0 Å². The lowest BCUT2D eigenvalue weighted by molar-refractivity contribution is 0.0615. The number of carbonyl (C=O) groups is 1. The Morgan fingerprint density at radius 2 is 1.95 bits per heavy atom. The molecule has 4 nitrogen and oxygen atoms in total. The highest BCUT2D eigenvalue weighted by Crippen LogP contribution is 2.23. The molecule has 0 aliphatic rings. The second-order valence-electron chi connectivity index (χ2n) is 5.11. The van der Waals surface area contributed by atoms with E-state index in [2.05, 4.69) is 0 Å². The van der Waals surface area contributed by atoms with Crippen molar-refractivity contribution in [3.05, 3.63) is 29.6 Å². The van der Waals surface area contributed by atoms with E-state index in [1.54, 1.807) is 7.05 Å². The Hall–Kier alpha value is -1.14. The quantitative estimate of drug-likeness (QED) is 0.801. The lowest BCUT2D eigenvalue weighted by Gasteiger charge is -2.35. The van der Waals surface area contributed by atoms with E-state index >= 15 is 0 Å². The standard InChI is InChI=1S/C13H17ClFNO3S/c1-5-13(2,3)16(4)12(17)10-8-9(20(14,18)19)6-7-11(10)15/h6-8H,5H2,1-4H3. The van der Waals surface area contributed by atoms with Crippen LogP contribution in [0, 0.1) is 5.82 Å². The molecule has 1 aromatic rings. The molecule has 20 heavy (non-hydrogen) atoms. The van der Waals surface area contributed by atoms with E-state index in [-0.39, 0.29) is 10.5 Å². The Morgan fingerprint density at radius 1 is 1.40 bits per heavy atom. The summed E-state index contributed by atoms with van der Waals surface area (Å²) < 4.78 is 36.3. The Kier molecular flexibility index (Phi) is 4.82. The Bertz CT molecular complexity index is 629. The molecule has 1 rings (SSSR count). The lowest BCUT2D eigenvalue weighted by Crippen LogP contribution is -2.44. The fourth-order valence-electron chi connectivity index (χ4n) is 1.51. The van der Waals surface area contributed by atoms with E-state index in [1.807, 2.05) is 20.8 Å². The fourth-order valence-corrected chi connectivity index (χ4v) is 2.29. The topological polar surface area (TPSA) is 54.5 Å². The second-order valence-corrected chi connectivity index (χ2v) is 7.68. The van der Waals surface area contributed by atoms with Crippen LogP contribution in [0.25, 0.3) is 0 Å². The van der Waals surface area contributed by atoms with Gasteiger partial charge in [0.2, 0.25) is 0 Å². The van der Waals surface area contributed by atoms with Crippen LogP contribution < -0.4 is 0 Å². The van der Waals surface area contributed by atoms with Gasteiger partial charge in [0.25, 0.3) is 15.0 Å². The molecule has 112 valence electrons. The highest BCUT2D eigenvalue weighted by atomic mass is 35.7. The molecule has 0 aromatic heterocycles.